The summed E-state index contributed by atoms with van der Waals surface area (Å²) in [5, 5.41) is 10.4. The van der Waals surface area contributed by atoms with Crippen molar-refractivity contribution in [2.24, 2.45) is 0 Å². The van der Waals surface area contributed by atoms with E-state index in [9.17, 15) is 10.1 Å². The van der Waals surface area contributed by atoms with E-state index in [1.807, 2.05) is 0 Å². The normalized spacial score (nSPS) is 8.83. The number of pyridine rings is 1. The minimum Gasteiger partial charge on any atom is -0.344 e. The van der Waals surface area contributed by atoms with Gasteiger partial charge >= 0.3 is 0 Å². The van der Waals surface area contributed by atoms with E-state index in [2.05, 4.69) is 4.98 Å². The molecule has 0 spiro atoms. The van der Waals surface area contributed by atoms with Crippen LogP contribution in [0.3, 0.4) is 0 Å². The lowest BCUT2D eigenvalue weighted by atomic mass is 10.2. The van der Waals surface area contributed by atoms with Crippen LogP contribution in [-0.2, 0) is 0 Å². The van der Waals surface area contributed by atoms with Crippen LogP contribution >= 0.6 is 0 Å². The molecule has 0 aliphatic carbocycles. The Morgan fingerprint density at radius 3 is 2.42 bits per heavy atom. The third-order valence-electron chi connectivity index (χ3n) is 1.49. The molecule has 0 amide bonds. The van der Waals surface area contributed by atoms with Crippen LogP contribution in [0.2, 0.25) is 0 Å². The predicted octanol–water partition coefficient (Wildman–Crippen LogP) is 1.77. The summed E-state index contributed by atoms with van der Waals surface area (Å²) in [6, 6.07) is 1.63. The molecule has 1 rings (SSSR count). The van der Waals surface area contributed by atoms with Gasteiger partial charge in [-0.05, 0) is 19.9 Å². The van der Waals surface area contributed by atoms with Gasteiger partial charge in [-0.25, -0.2) is 0 Å². The molecule has 3 N–H and O–H groups in total. The van der Waals surface area contributed by atoms with E-state index >= 15 is 0 Å². The zero-order chi connectivity index (χ0) is 8.43. The fourth-order valence-electron chi connectivity index (χ4n) is 0.962. The van der Waals surface area contributed by atoms with Gasteiger partial charge in [0.05, 0.1) is 4.92 Å². The maximum absolute atomic E-state index is 10.4. The van der Waals surface area contributed by atoms with Crippen LogP contribution in [0.25, 0.3) is 0 Å². The zero-order valence-corrected chi connectivity index (χ0v) is 7.07. The van der Waals surface area contributed by atoms with Gasteiger partial charge in [0.1, 0.15) is 5.69 Å². The van der Waals surface area contributed by atoms with Gasteiger partial charge in [-0.3, -0.25) is 15.1 Å². The van der Waals surface area contributed by atoms with Crippen molar-refractivity contribution in [1.29, 1.82) is 0 Å². The van der Waals surface area contributed by atoms with Crippen molar-refractivity contribution in [2.75, 3.05) is 0 Å². The lowest BCUT2D eigenvalue weighted by Gasteiger charge is -1.97. The molecule has 0 atom stereocenters. The molecule has 1 aromatic rings. The zero-order valence-electron chi connectivity index (χ0n) is 7.07. The van der Waals surface area contributed by atoms with Crippen molar-refractivity contribution in [3.05, 3.63) is 33.6 Å². The molecule has 0 saturated carbocycles. The molecular formula is C7H11N3O2. The topological polar surface area (TPSA) is 91.0 Å². The Balaban J connectivity index is 0.00000121. The van der Waals surface area contributed by atoms with Gasteiger partial charge in [0, 0.05) is 11.8 Å². The number of hydrogen-bond acceptors (Lipinski definition) is 4. The summed E-state index contributed by atoms with van der Waals surface area (Å²) < 4.78 is 0. The molecule has 1 aromatic heterocycles. The Bertz CT molecular complexity index is 278. The monoisotopic (exact) mass is 169 g/mol. The Kier molecular flexibility index (Phi) is 3.30. The maximum atomic E-state index is 10.4. The van der Waals surface area contributed by atoms with E-state index < -0.39 is 4.92 Å². The summed E-state index contributed by atoms with van der Waals surface area (Å²) in [4.78, 5) is 13.8. The lowest BCUT2D eigenvalue weighted by Crippen LogP contribution is -1.96. The van der Waals surface area contributed by atoms with Crippen LogP contribution in [0.5, 0.6) is 0 Å². The summed E-state index contributed by atoms with van der Waals surface area (Å²) in [7, 11) is 0. The molecule has 1 heterocycles. The van der Waals surface area contributed by atoms with E-state index in [4.69, 9.17) is 0 Å². The van der Waals surface area contributed by atoms with E-state index in [0.29, 0.717) is 11.3 Å². The molecule has 12 heavy (non-hydrogen) atoms. The minimum atomic E-state index is -0.405. The summed E-state index contributed by atoms with van der Waals surface area (Å²) in [6.45, 7) is 3.33. The fourth-order valence-corrected chi connectivity index (χ4v) is 0.962. The third-order valence-corrected chi connectivity index (χ3v) is 1.49. The number of aromatic nitrogens is 1. The average Bonchev–Trinajstić information content (AvgIpc) is 1.85. The van der Waals surface area contributed by atoms with Crippen LogP contribution in [-0.4, -0.2) is 9.91 Å². The Morgan fingerprint density at radius 1 is 1.50 bits per heavy atom. The van der Waals surface area contributed by atoms with E-state index in [1.54, 1.807) is 26.1 Å². The SMILES string of the molecule is Cc1ccnc(C)c1[N+](=O)[O-].N. The number of nitro groups is 1. The van der Waals surface area contributed by atoms with Gasteiger partial charge < -0.3 is 6.15 Å². The van der Waals surface area contributed by atoms with Crippen LogP contribution in [0.4, 0.5) is 5.69 Å². The smallest absolute Gasteiger partial charge is 0.293 e. The van der Waals surface area contributed by atoms with Gasteiger partial charge in [-0.15, -0.1) is 0 Å². The molecule has 0 aromatic carbocycles. The van der Waals surface area contributed by atoms with E-state index in [0.717, 1.165) is 0 Å². The molecule has 66 valence electrons. The Labute approximate surface area is 70.2 Å². The number of nitrogens with zero attached hydrogens (tertiary/aromatic N) is 2. The van der Waals surface area contributed by atoms with Crippen molar-refractivity contribution in [3.8, 4) is 0 Å². The number of rotatable bonds is 1. The second-order valence-electron chi connectivity index (χ2n) is 2.32. The molecule has 0 radical (unpaired) electrons. The molecule has 0 saturated heterocycles. The third kappa shape index (κ3) is 1.76. The summed E-state index contributed by atoms with van der Waals surface area (Å²) in [5.74, 6) is 0. The molecule has 0 unspecified atom stereocenters. The number of hydrogen-bond donors (Lipinski definition) is 1. The van der Waals surface area contributed by atoms with Gasteiger partial charge in [0.2, 0.25) is 0 Å². The minimum absolute atomic E-state index is 0. The highest BCUT2D eigenvalue weighted by atomic mass is 16.6. The molecular weight excluding hydrogens is 158 g/mol. The second kappa shape index (κ2) is 3.77. The highest BCUT2D eigenvalue weighted by molar-refractivity contribution is 5.41. The van der Waals surface area contributed by atoms with Crippen molar-refractivity contribution >= 4 is 5.69 Å². The summed E-state index contributed by atoms with van der Waals surface area (Å²) in [5.41, 5.74) is 1.24. The largest absolute Gasteiger partial charge is 0.344 e. The number of aryl methyl sites for hydroxylation is 2. The maximum Gasteiger partial charge on any atom is 0.293 e. The van der Waals surface area contributed by atoms with E-state index in [1.165, 1.54) is 0 Å². The van der Waals surface area contributed by atoms with Gasteiger partial charge in [-0.1, -0.05) is 0 Å². The molecule has 5 heteroatoms. The first-order valence-corrected chi connectivity index (χ1v) is 3.19. The predicted molar refractivity (Wildman–Crippen MR) is 45.4 cm³/mol. The first kappa shape index (κ1) is 10.5. The summed E-state index contributed by atoms with van der Waals surface area (Å²) >= 11 is 0. The molecule has 0 bridgehead atoms. The second-order valence-corrected chi connectivity index (χ2v) is 2.32. The molecule has 0 aliphatic rings. The molecule has 0 aliphatic heterocycles. The fraction of sp³-hybridized carbons (Fsp3) is 0.286. The summed E-state index contributed by atoms with van der Waals surface area (Å²) in [6.07, 6.45) is 1.57. The average molecular weight is 169 g/mol. The highest BCUT2D eigenvalue weighted by Gasteiger charge is 2.13. The van der Waals surface area contributed by atoms with Crippen LogP contribution < -0.4 is 6.15 Å². The Hall–Kier alpha value is -1.49. The van der Waals surface area contributed by atoms with Crippen LogP contribution in [0.1, 0.15) is 11.3 Å². The first-order chi connectivity index (χ1) is 5.13. The van der Waals surface area contributed by atoms with Gasteiger partial charge in [-0.2, -0.15) is 0 Å². The standard InChI is InChI=1S/C7H8N2O2.H3N/c1-5-3-4-8-6(2)7(5)9(10)11;/h3-4H,1-2H3;1H3. The van der Waals surface area contributed by atoms with E-state index in [-0.39, 0.29) is 11.8 Å². The quantitative estimate of drug-likeness (QED) is 0.512. The van der Waals surface area contributed by atoms with Gasteiger partial charge in [0.25, 0.3) is 5.69 Å². The Morgan fingerprint density at radius 2 is 2.08 bits per heavy atom. The van der Waals surface area contributed by atoms with Gasteiger partial charge in [0.15, 0.2) is 0 Å². The van der Waals surface area contributed by atoms with Crippen molar-refractivity contribution < 1.29 is 4.92 Å². The molecule has 5 nitrogen and oxygen atoms in total. The van der Waals surface area contributed by atoms with Crippen LogP contribution in [0, 0.1) is 24.0 Å². The first-order valence-electron chi connectivity index (χ1n) is 3.19. The van der Waals surface area contributed by atoms with Crippen LogP contribution in [0.15, 0.2) is 12.3 Å². The molecule has 0 fully saturated rings. The van der Waals surface area contributed by atoms with Crippen molar-refractivity contribution in [3.63, 3.8) is 0 Å². The van der Waals surface area contributed by atoms with Crippen molar-refractivity contribution in [2.45, 2.75) is 13.8 Å². The lowest BCUT2D eigenvalue weighted by molar-refractivity contribution is -0.386. The highest BCUT2D eigenvalue weighted by Crippen LogP contribution is 2.18. The van der Waals surface area contributed by atoms with Crippen molar-refractivity contribution in [1.82, 2.24) is 11.1 Å².